The normalized spacial score (nSPS) is 22.7. The number of hydrogen-bond donors (Lipinski definition) is 0. The maximum Gasteiger partial charge on any atom is 0.355 e. The van der Waals surface area contributed by atoms with Gasteiger partial charge in [-0.1, -0.05) is 19.8 Å². The second-order valence-corrected chi connectivity index (χ2v) is 5.47. The Morgan fingerprint density at radius 1 is 1.32 bits per heavy atom. The molecule has 0 aromatic carbocycles. The Hall–Kier alpha value is -1.59. The molecule has 1 aliphatic rings. The van der Waals surface area contributed by atoms with Gasteiger partial charge in [-0.3, -0.25) is 4.57 Å². The minimum atomic E-state index is -0.419. The van der Waals surface area contributed by atoms with Crippen LogP contribution in [0.4, 0.5) is 5.95 Å². The molecule has 0 amide bonds. The molecule has 1 aromatic rings. The zero-order valence-electron chi connectivity index (χ0n) is 12.1. The monoisotopic (exact) mass is 266 g/mol. The highest BCUT2D eigenvalue weighted by molar-refractivity contribution is 5.25. The Kier molecular flexibility index (Phi) is 3.78. The molecule has 1 aromatic heterocycles. The highest BCUT2D eigenvalue weighted by Crippen LogP contribution is 2.36. The number of aromatic nitrogens is 3. The van der Waals surface area contributed by atoms with E-state index in [0.717, 1.165) is 25.7 Å². The number of hydrogen-bond acceptors (Lipinski definition) is 4. The summed E-state index contributed by atoms with van der Waals surface area (Å²) < 4.78 is 2.81. The molecular formula is C13H22N4O2. The summed E-state index contributed by atoms with van der Waals surface area (Å²) in [6.45, 7) is 2.11. The summed E-state index contributed by atoms with van der Waals surface area (Å²) in [6, 6.07) is 0.0138. The predicted molar refractivity (Wildman–Crippen MR) is 74.7 cm³/mol. The summed E-state index contributed by atoms with van der Waals surface area (Å²) in [5.41, 5.74) is -0.675. The third kappa shape index (κ3) is 2.31. The van der Waals surface area contributed by atoms with Crippen molar-refractivity contribution in [3.63, 3.8) is 0 Å². The summed E-state index contributed by atoms with van der Waals surface area (Å²) in [5.74, 6) is 0.815. The molecule has 2 atom stereocenters. The van der Waals surface area contributed by atoms with E-state index in [1.54, 1.807) is 26.0 Å². The third-order valence-corrected chi connectivity index (χ3v) is 4.07. The topological polar surface area (TPSA) is 60.1 Å². The van der Waals surface area contributed by atoms with Crippen LogP contribution in [0.1, 0.15) is 38.6 Å². The van der Waals surface area contributed by atoms with Crippen LogP contribution in [0.5, 0.6) is 0 Å². The second-order valence-electron chi connectivity index (χ2n) is 5.47. The smallest absolute Gasteiger partial charge is 0.348 e. The van der Waals surface area contributed by atoms with Crippen LogP contribution in [0, 0.1) is 5.92 Å². The Bertz CT molecular complexity index is 573. The molecule has 1 saturated carbocycles. The number of anilines is 1. The molecule has 2 unspecified atom stereocenters. The first kappa shape index (κ1) is 13.8. The van der Waals surface area contributed by atoms with Crippen LogP contribution in [0.3, 0.4) is 0 Å². The van der Waals surface area contributed by atoms with E-state index in [9.17, 15) is 9.59 Å². The molecule has 0 radical (unpaired) electrons. The Balaban J connectivity index is 2.57. The molecule has 0 saturated heterocycles. The molecule has 19 heavy (non-hydrogen) atoms. The zero-order valence-corrected chi connectivity index (χ0v) is 12.1. The SMILES string of the molecule is CCC1CCCC1n1c(=O)nc(N(C)C)n(C)c1=O. The fraction of sp³-hybridized carbons (Fsp3) is 0.769. The van der Waals surface area contributed by atoms with Gasteiger partial charge in [-0.05, 0) is 18.8 Å². The summed E-state index contributed by atoms with van der Waals surface area (Å²) in [6.07, 6.45) is 4.06. The van der Waals surface area contributed by atoms with Crippen molar-refractivity contribution in [2.45, 2.75) is 38.6 Å². The van der Waals surface area contributed by atoms with Gasteiger partial charge in [-0.2, -0.15) is 4.98 Å². The maximum atomic E-state index is 12.4. The minimum Gasteiger partial charge on any atom is -0.348 e. The molecule has 0 aliphatic heterocycles. The van der Waals surface area contributed by atoms with Crippen molar-refractivity contribution < 1.29 is 0 Å². The van der Waals surface area contributed by atoms with E-state index in [2.05, 4.69) is 11.9 Å². The summed E-state index contributed by atoms with van der Waals surface area (Å²) in [5, 5.41) is 0. The van der Waals surface area contributed by atoms with Crippen LogP contribution in [-0.4, -0.2) is 28.2 Å². The fourth-order valence-electron chi connectivity index (χ4n) is 3.06. The quantitative estimate of drug-likeness (QED) is 0.810. The molecule has 2 rings (SSSR count). The summed E-state index contributed by atoms with van der Waals surface area (Å²) >= 11 is 0. The minimum absolute atomic E-state index is 0.0138. The molecule has 0 spiro atoms. The van der Waals surface area contributed by atoms with E-state index >= 15 is 0 Å². The molecular weight excluding hydrogens is 244 g/mol. The van der Waals surface area contributed by atoms with Crippen molar-refractivity contribution in [3.05, 3.63) is 21.0 Å². The van der Waals surface area contributed by atoms with Gasteiger partial charge < -0.3 is 4.90 Å². The lowest BCUT2D eigenvalue weighted by Gasteiger charge is -2.22. The summed E-state index contributed by atoms with van der Waals surface area (Å²) in [7, 11) is 5.21. The lowest BCUT2D eigenvalue weighted by atomic mass is 10.0. The van der Waals surface area contributed by atoms with Gasteiger partial charge in [-0.15, -0.1) is 0 Å². The van der Waals surface area contributed by atoms with Crippen LogP contribution in [-0.2, 0) is 7.05 Å². The van der Waals surface area contributed by atoms with Gasteiger partial charge in [0.15, 0.2) is 0 Å². The maximum absolute atomic E-state index is 12.4. The zero-order chi connectivity index (χ0) is 14.2. The third-order valence-electron chi connectivity index (χ3n) is 4.07. The van der Waals surface area contributed by atoms with E-state index in [-0.39, 0.29) is 11.7 Å². The first-order valence-electron chi connectivity index (χ1n) is 6.84. The van der Waals surface area contributed by atoms with Crippen LogP contribution in [0.2, 0.25) is 0 Å². The van der Waals surface area contributed by atoms with E-state index in [1.165, 1.54) is 9.13 Å². The van der Waals surface area contributed by atoms with Gasteiger partial charge >= 0.3 is 11.4 Å². The van der Waals surface area contributed by atoms with E-state index in [1.807, 2.05) is 0 Å². The predicted octanol–water partition coefficient (Wildman–Crippen LogP) is 0.759. The lowest BCUT2D eigenvalue weighted by molar-refractivity contribution is 0.339. The van der Waals surface area contributed by atoms with Gasteiger partial charge in [-0.25, -0.2) is 14.2 Å². The largest absolute Gasteiger partial charge is 0.355 e. The highest BCUT2D eigenvalue weighted by atomic mass is 16.2. The van der Waals surface area contributed by atoms with Crippen LogP contribution in [0.25, 0.3) is 0 Å². The van der Waals surface area contributed by atoms with E-state index in [0.29, 0.717) is 11.9 Å². The van der Waals surface area contributed by atoms with Crippen LogP contribution in [0.15, 0.2) is 9.59 Å². The first-order valence-corrected chi connectivity index (χ1v) is 6.84. The first-order chi connectivity index (χ1) is 8.97. The van der Waals surface area contributed by atoms with Crippen LogP contribution >= 0.6 is 0 Å². The molecule has 1 aliphatic carbocycles. The average Bonchev–Trinajstić information content (AvgIpc) is 2.81. The molecule has 0 N–H and O–H groups in total. The molecule has 106 valence electrons. The molecule has 1 fully saturated rings. The van der Waals surface area contributed by atoms with Gasteiger partial charge in [0.25, 0.3) is 0 Å². The standard InChI is InChI=1S/C13H22N4O2/c1-5-9-7-6-8-10(9)17-12(18)14-11(15(2)3)16(4)13(17)19/h9-10H,5-8H2,1-4H3. The molecule has 0 bridgehead atoms. The highest BCUT2D eigenvalue weighted by Gasteiger charge is 2.30. The second kappa shape index (κ2) is 5.19. The average molecular weight is 266 g/mol. The van der Waals surface area contributed by atoms with Crippen molar-refractivity contribution in [3.8, 4) is 0 Å². The van der Waals surface area contributed by atoms with Crippen molar-refractivity contribution in [1.82, 2.24) is 14.1 Å². The molecule has 6 nitrogen and oxygen atoms in total. The van der Waals surface area contributed by atoms with Crippen molar-refractivity contribution in [1.29, 1.82) is 0 Å². The van der Waals surface area contributed by atoms with E-state index in [4.69, 9.17) is 0 Å². The Labute approximate surface area is 112 Å². The Morgan fingerprint density at radius 3 is 2.58 bits per heavy atom. The lowest BCUT2D eigenvalue weighted by Crippen LogP contribution is -2.45. The van der Waals surface area contributed by atoms with E-state index < -0.39 is 5.69 Å². The van der Waals surface area contributed by atoms with Crippen molar-refractivity contribution >= 4 is 5.95 Å². The van der Waals surface area contributed by atoms with Gasteiger partial charge in [0, 0.05) is 27.2 Å². The van der Waals surface area contributed by atoms with Crippen molar-refractivity contribution in [2.75, 3.05) is 19.0 Å². The van der Waals surface area contributed by atoms with Gasteiger partial charge in [0.1, 0.15) is 0 Å². The number of rotatable bonds is 3. The Morgan fingerprint density at radius 2 is 2.00 bits per heavy atom. The fourth-order valence-corrected chi connectivity index (χ4v) is 3.06. The number of nitrogens with zero attached hydrogens (tertiary/aromatic N) is 4. The molecule has 6 heteroatoms. The van der Waals surface area contributed by atoms with Crippen LogP contribution < -0.4 is 16.3 Å². The van der Waals surface area contributed by atoms with Crippen molar-refractivity contribution in [2.24, 2.45) is 13.0 Å². The van der Waals surface area contributed by atoms with Gasteiger partial charge in [0.2, 0.25) is 5.95 Å². The van der Waals surface area contributed by atoms with Gasteiger partial charge in [0.05, 0.1) is 0 Å². The summed E-state index contributed by atoms with van der Waals surface area (Å²) in [4.78, 5) is 30.3. The molecule has 1 heterocycles.